The largest absolute Gasteiger partial charge is 0.497 e. The van der Waals surface area contributed by atoms with Gasteiger partial charge in [-0.2, -0.15) is 0 Å². The number of carboxylic acids is 1. The average Bonchev–Trinajstić information content (AvgIpc) is 3.24. The normalized spacial score (nSPS) is 11.6. The number of carboxylic acid groups (broad SMARTS) is 1. The van der Waals surface area contributed by atoms with Gasteiger partial charge in [0.05, 0.1) is 13.0 Å². The standard InChI is InChI=1S/C22H22O5S/c1-25-17-6-3-8-19(15-17)27-11-10-26-18-7-2-5-16(13-18)14-20(22(23)24)21-9-4-12-28-21/h2-9,12-13,15,20H,10-11,14H2,1H3,(H,23,24). The van der Waals surface area contributed by atoms with E-state index in [0.717, 1.165) is 21.9 Å². The van der Waals surface area contributed by atoms with Gasteiger partial charge in [0.25, 0.3) is 0 Å². The Hall–Kier alpha value is -2.99. The summed E-state index contributed by atoms with van der Waals surface area (Å²) < 4.78 is 16.6. The molecule has 1 N–H and O–H groups in total. The van der Waals surface area contributed by atoms with Crippen molar-refractivity contribution >= 4 is 17.3 Å². The van der Waals surface area contributed by atoms with Gasteiger partial charge in [0.15, 0.2) is 0 Å². The molecule has 0 radical (unpaired) electrons. The van der Waals surface area contributed by atoms with E-state index in [1.807, 2.05) is 66.0 Å². The topological polar surface area (TPSA) is 65.0 Å². The first kappa shape index (κ1) is 19.8. The Morgan fingerprint density at radius 1 is 0.964 bits per heavy atom. The van der Waals surface area contributed by atoms with E-state index in [2.05, 4.69) is 0 Å². The highest BCUT2D eigenvalue weighted by atomic mass is 32.1. The lowest BCUT2D eigenvalue weighted by atomic mass is 9.98. The van der Waals surface area contributed by atoms with Crippen LogP contribution in [0.2, 0.25) is 0 Å². The molecule has 3 aromatic rings. The Morgan fingerprint density at radius 3 is 2.29 bits per heavy atom. The Bertz CT molecular complexity index is 891. The van der Waals surface area contributed by atoms with Gasteiger partial charge in [0.2, 0.25) is 0 Å². The van der Waals surface area contributed by atoms with Gasteiger partial charge in [-0.3, -0.25) is 4.79 Å². The lowest BCUT2D eigenvalue weighted by molar-refractivity contribution is -0.138. The predicted molar refractivity (Wildman–Crippen MR) is 109 cm³/mol. The Labute approximate surface area is 168 Å². The number of hydrogen-bond acceptors (Lipinski definition) is 5. The molecule has 0 spiro atoms. The third-order valence-corrected chi connectivity index (χ3v) is 5.17. The summed E-state index contributed by atoms with van der Waals surface area (Å²) in [5, 5.41) is 11.4. The highest BCUT2D eigenvalue weighted by molar-refractivity contribution is 7.10. The third-order valence-electron chi connectivity index (χ3n) is 4.18. The lowest BCUT2D eigenvalue weighted by Gasteiger charge is -2.13. The molecule has 1 aromatic heterocycles. The van der Waals surface area contributed by atoms with Crippen LogP contribution in [0, 0.1) is 0 Å². The van der Waals surface area contributed by atoms with Crippen molar-refractivity contribution in [3.05, 3.63) is 76.5 Å². The molecule has 5 nitrogen and oxygen atoms in total. The summed E-state index contributed by atoms with van der Waals surface area (Å²) >= 11 is 1.46. The van der Waals surface area contributed by atoms with Crippen LogP contribution in [0.3, 0.4) is 0 Å². The van der Waals surface area contributed by atoms with Gasteiger partial charge in [-0.1, -0.05) is 24.3 Å². The van der Waals surface area contributed by atoms with Crippen LogP contribution in [0.15, 0.2) is 66.0 Å². The monoisotopic (exact) mass is 398 g/mol. The van der Waals surface area contributed by atoms with Crippen LogP contribution >= 0.6 is 11.3 Å². The second kappa shape index (κ2) is 9.80. The molecule has 28 heavy (non-hydrogen) atoms. The van der Waals surface area contributed by atoms with E-state index < -0.39 is 11.9 Å². The van der Waals surface area contributed by atoms with Gasteiger partial charge in [-0.25, -0.2) is 0 Å². The fourth-order valence-corrected chi connectivity index (χ4v) is 3.63. The van der Waals surface area contributed by atoms with E-state index in [4.69, 9.17) is 14.2 Å². The molecular formula is C22H22O5S. The van der Waals surface area contributed by atoms with E-state index in [-0.39, 0.29) is 0 Å². The average molecular weight is 398 g/mol. The van der Waals surface area contributed by atoms with E-state index >= 15 is 0 Å². The quantitative estimate of drug-likeness (QED) is 0.505. The van der Waals surface area contributed by atoms with Gasteiger partial charge in [0.1, 0.15) is 30.5 Å². The number of rotatable bonds is 10. The summed E-state index contributed by atoms with van der Waals surface area (Å²) in [6, 6.07) is 18.7. The molecule has 0 aliphatic carbocycles. The minimum absolute atomic E-state index is 0.383. The fourth-order valence-electron chi connectivity index (χ4n) is 2.81. The lowest BCUT2D eigenvalue weighted by Crippen LogP contribution is -2.13. The summed E-state index contributed by atoms with van der Waals surface area (Å²) in [5.74, 6) is 0.788. The van der Waals surface area contributed by atoms with Crippen LogP contribution in [0.25, 0.3) is 0 Å². The number of thiophene rings is 1. The zero-order valence-electron chi connectivity index (χ0n) is 15.5. The Kier molecular flexibility index (Phi) is 6.92. The molecule has 1 atom stereocenters. The smallest absolute Gasteiger partial charge is 0.312 e. The minimum Gasteiger partial charge on any atom is -0.497 e. The number of hydrogen-bond donors (Lipinski definition) is 1. The van der Waals surface area contributed by atoms with Crippen molar-refractivity contribution in [3.8, 4) is 17.2 Å². The molecule has 1 unspecified atom stereocenters. The van der Waals surface area contributed by atoms with Gasteiger partial charge in [-0.15, -0.1) is 11.3 Å². The number of carbonyl (C=O) groups is 1. The highest BCUT2D eigenvalue weighted by Gasteiger charge is 2.21. The SMILES string of the molecule is COc1cccc(OCCOc2cccc(CC(C(=O)O)c3cccs3)c2)c1. The van der Waals surface area contributed by atoms with Gasteiger partial charge in [0, 0.05) is 10.9 Å². The molecule has 0 amide bonds. The van der Waals surface area contributed by atoms with E-state index in [0.29, 0.717) is 25.4 Å². The van der Waals surface area contributed by atoms with E-state index in [1.54, 1.807) is 7.11 Å². The first-order valence-electron chi connectivity index (χ1n) is 8.90. The molecule has 6 heteroatoms. The van der Waals surface area contributed by atoms with Crippen molar-refractivity contribution < 1.29 is 24.1 Å². The van der Waals surface area contributed by atoms with Gasteiger partial charge >= 0.3 is 5.97 Å². The molecule has 146 valence electrons. The molecule has 0 fully saturated rings. The maximum atomic E-state index is 11.6. The van der Waals surface area contributed by atoms with Crippen LogP contribution in [-0.2, 0) is 11.2 Å². The van der Waals surface area contributed by atoms with Crippen molar-refractivity contribution in [1.82, 2.24) is 0 Å². The highest BCUT2D eigenvalue weighted by Crippen LogP contribution is 2.27. The van der Waals surface area contributed by atoms with Crippen molar-refractivity contribution in [2.75, 3.05) is 20.3 Å². The number of benzene rings is 2. The molecule has 0 saturated carbocycles. The molecule has 0 aliphatic rings. The zero-order chi connectivity index (χ0) is 19.8. The molecule has 2 aromatic carbocycles. The van der Waals surface area contributed by atoms with Gasteiger partial charge < -0.3 is 19.3 Å². The first-order valence-corrected chi connectivity index (χ1v) is 9.78. The van der Waals surface area contributed by atoms with E-state index in [1.165, 1.54) is 11.3 Å². The van der Waals surface area contributed by atoms with E-state index in [9.17, 15) is 9.90 Å². The van der Waals surface area contributed by atoms with Crippen LogP contribution in [0.1, 0.15) is 16.4 Å². The Balaban J connectivity index is 1.53. The molecular weight excluding hydrogens is 376 g/mol. The molecule has 0 aliphatic heterocycles. The molecule has 0 bridgehead atoms. The van der Waals surface area contributed by atoms with Crippen LogP contribution < -0.4 is 14.2 Å². The minimum atomic E-state index is -0.819. The second-order valence-electron chi connectivity index (χ2n) is 6.13. The van der Waals surface area contributed by atoms with Crippen molar-refractivity contribution in [3.63, 3.8) is 0 Å². The summed E-state index contributed by atoms with van der Waals surface area (Å²) in [6.07, 6.45) is 0.424. The van der Waals surface area contributed by atoms with Crippen molar-refractivity contribution in [1.29, 1.82) is 0 Å². The number of ether oxygens (including phenoxy) is 3. The summed E-state index contributed by atoms with van der Waals surface area (Å²) in [4.78, 5) is 12.5. The third kappa shape index (κ3) is 5.50. The Morgan fingerprint density at radius 2 is 1.64 bits per heavy atom. The van der Waals surface area contributed by atoms with Crippen molar-refractivity contribution in [2.45, 2.75) is 12.3 Å². The maximum Gasteiger partial charge on any atom is 0.312 e. The summed E-state index contributed by atoms with van der Waals surface area (Å²) in [6.45, 7) is 0.776. The number of aliphatic carboxylic acids is 1. The first-order chi connectivity index (χ1) is 13.7. The maximum absolute atomic E-state index is 11.6. The molecule has 1 heterocycles. The van der Waals surface area contributed by atoms with Crippen LogP contribution in [0.5, 0.6) is 17.2 Å². The molecule has 0 saturated heterocycles. The van der Waals surface area contributed by atoms with Crippen molar-refractivity contribution in [2.24, 2.45) is 0 Å². The summed E-state index contributed by atoms with van der Waals surface area (Å²) in [5.41, 5.74) is 0.923. The van der Waals surface area contributed by atoms with Crippen LogP contribution in [-0.4, -0.2) is 31.4 Å². The summed E-state index contributed by atoms with van der Waals surface area (Å²) in [7, 11) is 1.61. The second-order valence-corrected chi connectivity index (χ2v) is 7.11. The predicted octanol–water partition coefficient (Wildman–Crippen LogP) is 4.63. The fraction of sp³-hybridized carbons (Fsp3) is 0.227. The number of methoxy groups -OCH3 is 1. The van der Waals surface area contributed by atoms with Crippen LogP contribution in [0.4, 0.5) is 0 Å². The molecule has 3 rings (SSSR count). The van der Waals surface area contributed by atoms with Gasteiger partial charge in [-0.05, 0) is 47.7 Å². The zero-order valence-corrected chi connectivity index (χ0v) is 16.4.